The Morgan fingerprint density at radius 2 is 1.68 bits per heavy atom. The van der Waals surface area contributed by atoms with Gasteiger partial charge < -0.3 is 9.84 Å². The van der Waals surface area contributed by atoms with Crippen LogP contribution in [-0.4, -0.2) is 16.9 Å². The second-order valence-corrected chi connectivity index (χ2v) is 4.72. The maximum Gasteiger partial charge on any atom is 0.303 e. The molecule has 0 amide bonds. The van der Waals surface area contributed by atoms with E-state index in [2.05, 4.69) is 0 Å². The van der Waals surface area contributed by atoms with Crippen LogP contribution in [0.3, 0.4) is 0 Å². The fraction of sp³-hybridized carbons (Fsp3) is 0.176. The monoisotopic (exact) mass is 302 g/mol. The number of carbonyl (C=O) groups excluding carboxylic acids is 1. The minimum Gasteiger partial charge on any atom is -0.489 e. The Morgan fingerprint density at radius 3 is 2.32 bits per heavy atom. The molecule has 0 radical (unpaired) electrons. The SMILES string of the molecule is O=C(O)CCC(=O)c1ccc(OCc2ccccc2F)cc1. The van der Waals surface area contributed by atoms with Gasteiger partial charge in [-0.05, 0) is 30.3 Å². The molecule has 2 aromatic rings. The average Bonchev–Trinajstić information content (AvgIpc) is 2.52. The summed E-state index contributed by atoms with van der Waals surface area (Å²) >= 11 is 0. The highest BCUT2D eigenvalue weighted by molar-refractivity contribution is 5.97. The Labute approximate surface area is 127 Å². The third kappa shape index (κ3) is 4.41. The molecule has 4 nitrogen and oxygen atoms in total. The molecule has 0 bridgehead atoms. The fourth-order valence-electron chi connectivity index (χ4n) is 1.88. The van der Waals surface area contributed by atoms with Gasteiger partial charge in [0, 0.05) is 17.5 Å². The third-order valence-electron chi connectivity index (χ3n) is 3.09. The van der Waals surface area contributed by atoms with Crippen LogP contribution in [0.1, 0.15) is 28.8 Å². The van der Waals surface area contributed by atoms with Crippen LogP contribution in [0.5, 0.6) is 5.75 Å². The maximum absolute atomic E-state index is 13.4. The molecule has 0 aliphatic carbocycles. The second-order valence-electron chi connectivity index (χ2n) is 4.72. The van der Waals surface area contributed by atoms with Gasteiger partial charge in [0.2, 0.25) is 0 Å². The highest BCUT2D eigenvalue weighted by Crippen LogP contribution is 2.16. The zero-order valence-electron chi connectivity index (χ0n) is 11.8. The minimum absolute atomic E-state index is 0.0369. The van der Waals surface area contributed by atoms with Crippen molar-refractivity contribution in [3.63, 3.8) is 0 Å². The summed E-state index contributed by atoms with van der Waals surface area (Å²) in [5, 5.41) is 8.55. The Balaban J connectivity index is 1.93. The van der Waals surface area contributed by atoms with Gasteiger partial charge in [0.05, 0.1) is 6.42 Å². The summed E-state index contributed by atoms with van der Waals surface area (Å²) in [6, 6.07) is 12.7. The predicted octanol–water partition coefficient (Wildman–Crippen LogP) is 3.45. The van der Waals surface area contributed by atoms with Crippen LogP contribution >= 0.6 is 0 Å². The molecule has 2 rings (SSSR count). The van der Waals surface area contributed by atoms with Crippen molar-refractivity contribution in [2.24, 2.45) is 0 Å². The first-order chi connectivity index (χ1) is 10.6. The van der Waals surface area contributed by atoms with Gasteiger partial charge in [-0.1, -0.05) is 18.2 Å². The van der Waals surface area contributed by atoms with E-state index in [1.54, 1.807) is 42.5 Å². The summed E-state index contributed by atoms with van der Waals surface area (Å²) in [6.07, 6.45) is -0.227. The molecule has 22 heavy (non-hydrogen) atoms. The lowest BCUT2D eigenvalue weighted by Gasteiger charge is -2.07. The molecule has 0 saturated carbocycles. The smallest absolute Gasteiger partial charge is 0.303 e. The van der Waals surface area contributed by atoms with Gasteiger partial charge >= 0.3 is 5.97 Å². The van der Waals surface area contributed by atoms with Gasteiger partial charge in [-0.25, -0.2) is 4.39 Å². The van der Waals surface area contributed by atoms with Crippen molar-refractivity contribution in [1.82, 2.24) is 0 Å². The van der Waals surface area contributed by atoms with Crippen LogP contribution in [0, 0.1) is 5.82 Å². The van der Waals surface area contributed by atoms with Crippen molar-refractivity contribution in [3.05, 3.63) is 65.5 Å². The fourth-order valence-corrected chi connectivity index (χ4v) is 1.88. The van der Waals surface area contributed by atoms with Gasteiger partial charge in [-0.2, -0.15) is 0 Å². The summed E-state index contributed by atoms with van der Waals surface area (Å²) in [6.45, 7) is 0.0962. The number of rotatable bonds is 7. The minimum atomic E-state index is -1.00. The Hall–Kier alpha value is -2.69. The number of hydrogen-bond donors (Lipinski definition) is 1. The van der Waals surface area contributed by atoms with Gasteiger partial charge in [0.15, 0.2) is 5.78 Å². The van der Waals surface area contributed by atoms with E-state index in [9.17, 15) is 14.0 Å². The first-order valence-electron chi connectivity index (χ1n) is 6.77. The summed E-state index contributed by atoms with van der Waals surface area (Å²) < 4.78 is 18.9. The molecule has 2 aromatic carbocycles. The van der Waals surface area contributed by atoms with Crippen molar-refractivity contribution in [2.75, 3.05) is 0 Å². The zero-order chi connectivity index (χ0) is 15.9. The molecule has 0 aliphatic rings. The number of benzene rings is 2. The molecule has 0 spiro atoms. The van der Waals surface area contributed by atoms with E-state index in [1.165, 1.54) is 6.07 Å². The molecule has 0 aliphatic heterocycles. The molecule has 114 valence electrons. The second kappa shape index (κ2) is 7.36. The van der Waals surface area contributed by atoms with E-state index < -0.39 is 5.97 Å². The number of carboxylic acid groups (broad SMARTS) is 1. The van der Waals surface area contributed by atoms with Gasteiger partial charge in [0.25, 0.3) is 0 Å². The maximum atomic E-state index is 13.4. The molecule has 0 aromatic heterocycles. The standard InChI is InChI=1S/C17H15FO4/c18-15-4-2-1-3-13(15)11-22-14-7-5-12(6-8-14)16(19)9-10-17(20)21/h1-8H,9-11H2,(H,20,21). The van der Waals surface area contributed by atoms with Crippen molar-refractivity contribution in [1.29, 1.82) is 0 Å². The Bertz CT molecular complexity index is 665. The first kappa shape index (κ1) is 15.7. The molecule has 5 heteroatoms. The van der Waals surface area contributed by atoms with Gasteiger partial charge in [-0.15, -0.1) is 0 Å². The molecule has 0 fully saturated rings. The summed E-state index contributed by atoms with van der Waals surface area (Å²) in [5.74, 6) is -1.05. The van der Waals surface area contributed by atoms with Crippen molar-refractivity contribution in [2.45, 2.75) is 19.4 Å². The molecule has 1 N–H and O–H groups in total. The first-order valence-corrected chi connectivity index (χ1v) is 6.77. The van der Waals surface area contributed by atoms with E-state index in [4.69, 9.17) is 9.84 Å². The Morgan fingerprint density at radius 1 is 1.00 bits per heavy atom. The Kier molecular flexibility index (Phi) is 5.25. The van der Waals surface area contributed by atoms with Crippen LogP contribution < -0.4 is 4.74 Å². The highest BCUT2D eigenvalue weighted by Gasteiger charge is 2.09. The zero-order valence-corrected chi connectivity index (χ0v) is 11.8. The van der Waals surface area contributed by atoms with E-state index in [-0.39, 0.29) is 31.0 Å². The van der Waals surface area contributed by atoms with Crippen LogP contribution in [0.15, 0.2) is 48.5 Å². The quantitative estimate of drug-likeness (QED) is 0.796. The summed E-state index contributed by atoms with van der Waals surface area (Å²) in [7, 11) is 0. The number of halogens is 1. The van der Waals surface area contributed by atoms with E-state index in [1.807, 2.05) is 0 Å². The lowest BCUT2D eigenvalue weighted by molar-refractivity contribution is -0.136. The third-order valence-corrected chi connectivity index (χ3v) is 3.09. The molecule has 0 unspecified atom stereocenters. The van der Waals surface area contributed by atoms with Crippen molar-refractivity contribution >= 4 is 11.8 Å². The molecule has 0 saturated heterocycles. The highest BCUT2D eigenvalue weighted by atomic mass is 19.1. The van der Waals surface area contributed by atoms with Crippen molar-refractivity contribution in [3.8, 4) is 5.75 Å². The van der Waals surface area contributed by atoms with Gasteiger partial charge in [0.1, 0.15) is 18.2 Å². The molecular weight excluding hydrogens is 287 g/mol. The number of Topliss-reactive ketones (excluding diaryl/α,β-unsaturated/α-hetero) is 1. The predicted molar refractivity (Wildman–Crippen MR) is 78.4 cm³/mol. The largest absolute Gasteiger partial charge is 0.489 e. The number of ether oxygens (including phenoxy) is 1. The van der Waals surface area contributed by atoms with Crippen molar-refractivity contribution < 1.29 is 23.8 Å². The van der Waals surface area contributed by atoms with Crippen LogP contribution in [0.4, 0.5) is 4.39 Å². The number of carbonyl (C=O) groups is 2. The molecule has 0 atom stereocenters. The number of aliphatic carboxylic acids is 1. The molecule has 0 heterocycles. The number of carboxylic acids is 1. The lowest BCUT2D eigenvalue weighted by atomic mass is 10.1. The molecular formula is C17H15FO4. The van der Waals surface area contributed by atoms with Crippen LogP contribution in [-0.2, 0) is 11.4 Å². The van der Waals surface area contributed by atoms with E-state index in [0.717, 1.165) is 0 Å². The summed E-state index contributed by atoms with van der Waals surface area (Å²) in [4.78, 5) is 22.2. The normalized spacial score (nSPS) is 10.2. The van der Waals surface area contributed by atoms with Crippen LogP contribution in [0.2, 0.25) is 0 Å². The van der Waals surface area contributed by atoms with E-state index in [0.29, 0.717) is 16.9 Å². The number of hydrogen-bond acceptors (Lipinski definition) is 3. The lowest BCUT2D eigenvalue weighted by Crippen LogP contribution is -2.04. The number of ketones is 1. The summed E-state index contributed by atoms with van der Waals surface area (Å²) in [5.41, 5.74) is 0.878. The van der Waals surface area contributed by atoms with Gasteiger partial charge in [-0.3, -0.25) is 9.59 Å². The van der Waals surface area contributed by atoms with E-state index >= 15 is 0 Å². The topological polar surface area (TPSA) is 63.6 Å². The van der Waals surface area contributed by atoms with Crippen LogP contribution in [0.25, 0.3) is 0 Å². The average molecular weight is 302 g/mol.